The van der Waals surface area contributed by atoms with Crippen molar-refractivity contribution in [1.29, 1.82) is 0 Å². The minimum Gasteiger partial charge on any atom is -0.495 e. The smallest absolute Gasteiger partial charge is 0.495 e. The van der Waals surface area contributed by atoms with Gasteiger partial charge in [0.05, 0.1) is 24.8 Å². The molecule has 202 valence electrons. The maximum Gasteiger partial charge on any atom is 0.573 e. The van der Waals surface area contributed by atoms with Crippen LogP contribution in [0.2, 0.25) is 0 Å². The zero-order chi connectivity index (χ0) is 27.3. The van der Waals surface area contributed by atoms with Crippen LogP contribution in [0.1, 0.15) is 30.2 Å². The highest BCUT2D eigenvalue weighted by molar-refractivity contribution is 5.97. The van der Waals surface area contributed by atoms with Crippen LogP contribution in [0.3, 0.4) is 0 Å². The van der Waals surface area contributed by atoms with Crippen molar-refractivity contribution in [2.75, 3.05) is 27.4 Å². The van der Waals surface area contributed by atoms with E-state index in [-0.39, 0.29) is 5.75 Å². The summed E-state index contributed by atoms with van der Waals surface area (Å²) in [7, 11) is 3.21. The predicted octanol–water partition coefficient (Wildman–Crippen LogP) is 5.66. The average molecular weight is 531 g/mol. The Hall–Kier alpha value is -3.99. The van der Waals surface area contributed by atoms with E-state index in [1.54, 1.807) is 39.6 Å². The fourth-order valence-electron chi connectivity index (χ4n) is 4.19. The molecule has 0 aliphatic carbocycles. The summed E-state index contributed by atoms with van der Waals surface area (Å²) in [5, 5.41) is 4.26. The summed E-state index contributed by atoms with van der Waals surface area (Å²) in [5.74, 6) is 0.845. The van der Waals surface area contributed by atoms with Crippen LogP contribution in [0, 0.1) is 6.92 Å². The molecular formula is C27H29F3N4O4. The number of aromatic nitrogens is 2. The predicted molar refractivity (Wildman–Crippen MR) is 136 cm³/mol. The first-order valence-electron chi connectivity index (χ1n) is 11.9. The van der Waals surface area contributed by atoms with E-state index in [4.69, 9.17) is 14.3 Å². The summed E-state index contributed by atoms with van der Waals surface area (Å²) in [6.45, 7) is 4.64. The summed E-state index contributed by atoms with van der Waals surface area (Å²) in [5.41, 5.74) is 1.91. The van der Waals surface area contributed by atoms with E-state index in [1.165, 1.54) is 18.2 Å². The molecule has 1 unspecified atom stereocenters. The lowest BCUT2D eigenvalue weighted by Gasteiger charge is -2.34. The molecule has 1 aliphatic heterocycles. The van der Waals surface area contributed by atoms with Gasteiger partial charge in [0.25, 0.3) is 0 Å². The lowest BCUT2D eigenvalue weighted by Crippen LogP contribution is -2.44. The molecule has 0 saturated carbocycles. The van der Waals surface area contributed by atoms with Gasteiger partial charge in [-0.3, -0.25) is 0 Å². The third-order valence-corrected chi connectivity index (χ3v) is 6.06. The SMILES string of the molecule is COCCCN1C(C=Cc2ccc(-n3cnc(C)c3)c(OC)c2)=NOC1(C)c1cccc(OC(F)(F)F)c1. The number of hydrogen-bond acceptors (Lipinski definition) is 7. The Bertz CT molecular complexity index is 1320. The van der Waals surface area contributed by atoms with Crippen molar-refractivity contribution in [3.8, 4) is 17.2 Å². The second-order valence-corrected chi connectivity index (χ2v) is 8.78. The zero-order valence-electron chi connectivity index (χ0n) is 21.5. The fraction of sp³-hybridized carbons (Fsp3) is 0.333. The number of imidazole rings is 1. The molecule has 2 heterocycles. The van der Waals surface area contributed by atoms with Crippen molar-refractivity contribution in [2.24, 2.45) is 5.16 Å². The number of methoxy groups -OCH3 is 2. The second-order valence-electron chi connectivity index (χ2n) is 8.78. The highest BCUT2D eigenvalue weighted by Crippen LogP contribution is 2.38. The van der Waals surface area contributed by atoms with Gasteiger partial charge in [0.2, 0.25) is 5.72 Å². The van der Waals surface area contributed by atoms with Crippen LogP contribution < -0.4 is 9.47 Å². The first-order chi connectivity index (χ1) is 18.1. The van der Waals surface area contributed by atoms with E-state index in [1.807, 2.05) is 46.9 Å². The lowest BCUT2D eigenvalue weighted by atomic mass is 10.0. The van der Waals surface area contributed by atoms with Crippen LogP contribution in [0.4, 0.5) is 13.2 Å². The van der Waals surface area contributed by atoms with E-state index in [0.29, 0.717) is 36.7 Å². The zero-order valence-corrected chi connectivity index (χ0v) is 21.5. The number of halogens is 3. The van der Waals surface area contributed by atoms with E-state index >= 15 is 0 Å². The number of aryl methyl sites for hydroxylation is 1. The largest absolute Gasteiger partial charge is 0.573 e. The third-order valence-electron chi connectivity index (χ3n) is 6.06. The molecule has 1 atom stereocenters. The molecule has 0 radical (unpaired) electrons. The monoisotopic (exact) mass is 530 g/mol. The van der Waals surface area contributed by atoms with Gasteiger partial charge >= 0.3 is 6.36 Å². The molecule has 0 bridgehead atoms. The van der Waals surface area contributed by atoms with E-state index in [0.717, 1.165) is 16.9 Å². The van der Waals surface area contributed by atoms with Crippen molar-refractivity contribution in [3.63, 3.8) is 0 Å². The van der Waals surface area contributed by atoms with Gasteiger partial charge in [-0.1, -0.05) is 29.4 Å². The number of alkyl halides is 3. The average Bonchev–Trinajstić information content (AvgIpc) is 3.45. The fourth-order valence-corrected chi connectivity index (χ4v) is 4.19. The number of nitrogens with zero attached hydrogens (tertiary/aromatic N) is 4. The van der Waals surface area contributed by atoms with Crippen LogP contribution in [0.15, 0.2) is 66.2 Å². The highest BCUT2D eigenvalue weighted by atomic mass is 19.4. The molecule has 3 aromatic rings. The molecule has 0 spiro atoms. The Morgan fingerprint density at radius 3 is 2.61 bits per heavy atom. The summed E-state index contributed by atoms with van der Waals surface area (Å²) >= 11 is 0. The molecule has 8 nitrogen and oxygen atoms in total. The number of benzene rings is 2. The summed E-state index contributed by atoms with van der Waals surface area (Å²) < 4.78 is 55.2. The third kappa shape index (κ3) is 6.10. The van der Waals surface area contributed by atoms with Crippen molar-refractivity contribution in [2.45, 2.75) is 32.4 Å². The van der Waals surface area contributed by atoms with E-state index in [2.05, 4.69) is 14.9 Å². The molecule has 0 amide bonds. The molecule has 2 aromatic carbocycles. The van der Waals surface area contributed by atoms with Gasteiger partial charge < -0.3 is 28.5 Å². The molecule has 4 rings (SSSR count). The van der Waals surface area contributed by atoms with Crippen molar-refractivity contribution < 1.29 is 32.2 Å². The van der Waals surface area contributed by atoms with Gasteiger partial charge in [-0.2, -0.15) is 0 Å². The summed E-state index contributed by atoms with van der Waals surface area (Å²) in [4.78, 5) is 12.0. The number of rotatable bonds is 10. The van der Waals surface area contributed by atoms with Gasteiger partial charge in [0.15, 0.2) is 5.84 Å². The Morgan fingerprint density at radius 1 is 1.11 bits per heavy atom. The molecule has 0 saturated heterocycles. The maximum atomic E-state index is 12.8. The quantitative estimate of drug-likeness (QED) is 0.315. The molecule has 0 fully saturated rings. The van der Waals surface area contributed by atoms with Crippen LogP contribution in [-0.2, 0) is 15.3 Å². The molecule has 38 heavy (non-hydrogen) atoms. The maximum absolute atomic E-state index is 12.8. The van der Waals surface area contributed by atoms with Crippen LogP contribution in [0.5, 0.6) is 11.5 Å². The normalized spacial score (nSPS) is 17.6. The first-order valence-corrected chi connectivity index (χ1v) is 11.9. The van der Waals surface area contributed by atoms with Gasteiger partial charge in [0.1, 0.15) is 11.5 Å². The van der Waals surface area contributed by atoms with Gasteiger partial charge in [-0.05, 0) is 49.2 Å². The van der Waals surface area contributed by atoms with E-state index < -0.39 is 12.1 Å². The van der Waals surface area contributed by atoms with Gasteiger partial charge in [-0.25, -0.2) is 4.98 Å². The van der Waals surface area contributed by atoms with Crippen LogP contribution >= 0.6 is 0 Å². The summed E-state index contributed by atoms with van der Waals surface area (Å²) in [6, 6.07) is 11.5. The molecule has 11 heteroatoms. The van der Waals surface area contributed by atoms with Gasteiger partial charge in [0, 0.05) is 38.9 Å². The van der Waals surface area contributed by atoms with Crippen molar-refractivity contribution in [3.05, 3.63) is 77.9 Å². The molecular weight excluding hydrogens is 501 g/mol. The van der Waals surface area contributed by atoms with Crippen molar-refractivity contribution >= 4 is 11.9 Å². The topological polar surface area (TPSA) is 70.3 Å². The standard InChI is InChI=1S/C27H29F3N4O4/c1-19-17-33(18-31-19)23-11-9-20(15-24(23)36-4)10-12-25-32-38-26(2,34(25)13-6-14-35-3)21-7-5-8-22(16-21)37-27(28,29)30/h5,7-12,15-18H,6,13-14H2,1-4H3. The molecule has 0 N–H and O–H groups in total. The summed E-state index contributed by atoms with van der Waals surface area (Å²) in [6.07, 6.45) is 3.14. The number of amidine groups is 1. The number of hydrogen-bond donors (Lipinski definition) is 0. The minimum atomic E-state index is -4.80. The number of oxime groups is 1. The molecule has 1 aromatic heterocycles. The Labute approximate surface area is 218 Å². The van der Waals surface area contributed by atoms with Crippen LogP contribution in [-0.4, -0.2) is 54.0 Å². The Balaban J connectivity index is 1.60. The second kappa shape index (κ2) is 11.2. The number of ether oxygens (including phenoxy) is 3. The Kier molecular flexibility index (Phi) is 7.96. The minimum absolute atomic E-state index is 0.332. The Morgan fingerprint density at radius 2 is 1.92 bits per heavy atom. The van der Waals surface area contributed by atoms with Gasteiger partial charge in [-0.15, -0.1) is 13.2 Å². The molecule has 1 aliphatic rings. The lowest BCUT2D eigenvalue weighted by molar-refractivity contribution is -0.274. The highest BCUT2D eigenvalue weighted by Gasteiger charge is 2.43. The van der Waals surface area contributed by atoms with Crippen LogP contribution in [0.25, 0.3) is 11.8 Å². The first kappa shape index (κ1) is 27.1. The van der Waals surface area contributed by atoms with Crippen molar-refractivity contribution in [1.82, 2.24) is 14.5 Å². The van der Waals surface area contributed by atoms with E-state index in [9.17, 15) is 13.2 Å².